The largest absolute Gasteiger partial charge is 0.490 e. The fourth-order valence-corrected chi connectivity index (χ4v) is 2.08. The van der Waals surface area contributed by atoms with Crippen LogP contribution in [0, 0.1) is 0 Å². The molecule has 1 aliphatic heterocycles. The van der Waals surface area contributed by atoms with Crippen molar-refractivity contribution >= 4 is 0 Å². The highest BCUT2D eigenvalue weighted by molar-refractivity contribution is 5.43. The van der Waals surface area contributed by atoms with Crippen molar-refractivity contribution in [2.45, 2.75) is 32.6 Å². The molecule has 0 saturated carbocycles. The van der Waals surface area contributed by atoms with Gasteiger partial charge in [-0.25, -0.2) is 0 Å². The molecule has 0 bridgehead atoms. The Labute approximate surface area is 109 Å². The summed E-state index contributed by atoms with van der Waals surface area (Å²) in [6.07, 6.45) is 4.42. The topological polar surface area (TPSA) is 30.5 Å². The Morgan fingerprint density at radius 2 is 1.94 bits per heavy atom. The van der Waals surface area contributed by atoms with E-state index in [2.05, 4.69) is 24.4 Å². The van der Waals surface area contributed by atoms with Gasteiger partial charge < -0.3 is 14.8 Å². The Hall–Kier alpha value is -1.22. The van der Waals surface area contributed by atoms with Gasteiger partial charge in [0, 0.05) is 6.42 Å². The van der Waals surface area contributed by atoms with Gasteiger partial charge in [-0.05, 0) is 50.0 Å². The van der Waals surface area contributed by atoms with Gasteiger partial charge in [-0.3, -0.25) is 0 Å². The van der Waals surface area contributed by atoms with Crippen LogP contribution in [-0.2, 0) is 6.42 Å². The van der Waals surface area contributed by atoms with Crippen LogP contribution < -0.4 is 14.8 Å². The Bertz CT molecular complexity index is 366. The van der Waals surface area contributed by atoms with E-state index in [1.807, 2.05) is 6.07 Å². The predicted molar refractivity (Wildman–Crippen MR) is 73.5 cm³/mol. The Morgan fingerprint density at radius 1 is 1.11 bits per heavy atom. The van der Waals surface area contributed by atoms with Crippen LogP contribution in [0.2, 0.25) is 0 Å². The van der Waals surface area contributed by atoms with Crippen molar-refractivity contribution < 1.29 is 9.47 Å². The molecule has 0 saturated heterocycles. The van der Waals surface area contributed by atoms with E-state index >= 15 is 0 Å². The second-order valence-electron chi connectivity index (χ2n) is 4.69. The third-order valence-corrected chi connectivity index (χ3v) is 3.06. The minimum absolute atomic E-state index is 0.757. The lowest BCUT2D eigenvalue weighted by molar-refractivity contribution is 0.297. The SMILES string of the molecule is CCCNCCCc1ccc2c(c1)OCCCO2. The molecule has 18 heavy (non-hydrogen) atoms. The summed E-state index contributed by atoms with van der Waals surface area (Å²) < 4.78 is 11.3. The zero-order valence-electron chi connectivity index (χ0n) is 11.2. The lowest BCUT2D eigenvalue weighted by Gasteiger charge is -2.09. The second-order valence-corrected chi connectivity index (χ2v) is 4.69. The summed E-state index contributed by atoms with van der Waals surface area (Å²) in [5.74, 6) is 1.80. The first-order valence-electron chi connectivity index (χ1n) is 6.99. The van der Waals surface area contributed by atoms with Crippen LogP contribution in [0.25, 0.3) is 0 Å². The van der Waals surface area contributed by atoms with Crippen LogP contribution in [0.15, 0.2) is 18.2 Å². The van der Waals surface area contributed by atoms with Gasteiger partial charge in [-0.1, -0.05) is 13.0 Å². The molecular formula is C15H23NO2. The average Bonchev–Trinajstić information content (AvgIpc) is 2.63. The molecule has 0 amide bonds. The van der Waals surface area contributed by atoms with Crippen molar-refractivity contribution in [1.82, 2.24) is 5.32 Å². The van der Waals surface area contributed by atoms with E-state index in [4.69, 9.17) is 9.47 Å². The highest BCUT2D eigenvalue weighted by Crippen LogP contribution is 2.30. The molecule has 2 rings (SSSR count). The smallest absolute Gasteiger partial charge is 0.161 e. The van der Waals surface area contributed by atoms with Crippen LogP contribution in [0.3, 0.4) is 0 Å². The van der Waals surface area contributed by atoms with Gasteiger partial charge in [-0.15, -0.1) is 0 Å². The number of rotatable bonds is 6. The summed E-state index contributed by atoms with van der Waals surface area (Å²) in [6.45, 7) is 5.90. The molecule has 100 valence electrons. The fraction of sp³-hybridized carbons (Fsp3) is 0.600. The maximum atomic E-state index is 5.69. The zero-order valence-corrected chi connectivity index (χ0v) is 11.2. The molecule has 3 heteroatoms. The van der Waals surface area contributed by atoms with Gasteiger partial charge in [0.15, 0.2) is 11.5 Å². The number of fused-ring (bicyclic) bond motifs is 1. The number of ether oxygens (including phenoxy) is 2. The molecular weight excluding hydrogens is 226 g/mol. The first-order valence-corrected chi connectivity index (χ1v) is 6.99. The summed E-state index contributed by atoms with van der Waals surface area (Å²) in [5.41, 5.74) is 1.33. The molecule has 0 fully saturated rings. The van der Waals surface area contributed by atoms with Crippen molar-refractivity contribution in [3.63, 3.8) is 0 Å². The van der Waals surface area contributed by atoms with E-state index in [1.165, 1.54) is 18.4 Å². The van der Waals surface area contributed by atoms with Crippen molar-refractivity contribution in [2.24, 2.45) is 0 Å². The lowest BCUT2D eigenvalue weighted by atomic mass is 10.1. The van der Waals surface area contributed by atoms with Crippen molar-refractivity contribution in [3.05, 3.63) is 23.8 Å². The molecule has 0 atom stereocenters. The lowest BCUT2D eigenvalue weighted by Crippen LogP contribution is -2.16. The van der Waals surface area contributed by atoms with Gasteiger partial charge in [0.2, 0.25) is 0 Å². The van der Waals surface area contributed by atoms with Crippen LogP contribution in [0.4, 0.5) is 0 Å². The Balaban J connectivity index is 1.84. The summed E-state index contributed by atoms with van der Waals surface area (Å²) in [7, 11) is 0. The second kappa shape index (κ2) is 7.27. The van der Waals surface area contributed by atoms with Crippen LogP contribution in [-0.4, -0.2) is 26.3 Å². The van der Waals surface area contributed by atoms with Gasteiger partial charge in [0.25, 0.3) is 0 Å². The number of benzene rings is 1. The molecule has 0 aromatic heterocycles. The summed E-state index contributed by atoms with van der Waals surface area (Å²) in [6, 6.07) is 6.31. The summed E-state index contributed by atoms with van der Waals surface area (Å²) in [5, 5.41) is 3.42. The van der Waals surface area contributed by atoms with Gasteiger partial charge in [-0.2, -0.15) is 0 Å². The molecule has 1 heterocycles. The third-order valence-electron chi connectivity index (χ3n) is 3.06. The van der Waals surface area contributed by atoms with Crippen molar-refractivity contribution in [3.8, 4) is 11.5 Å². The molecule has 0 radical (unpaired) electrons. The maximum absolute atomic E-state index is 5.69. The standard InChI is InChI=1S/C15H23NO2/c1-2-8-16-9-3-5-13-6-7-14-15(12-13)18-11-4-10-17-14/h6-7,12,16H,2-5,8-11H2,1H3. The van der Waals surface area contributed by atoms with E-state index in [9.17, 15) is 0 Å². The summed E-state index contributed by atoms with van der Waals surface area (Å²) in [4.78, 5) is 0. The minimum Gasteiger partial charge on any atom is -0.490 e. The van der Waals surface area contributed by atoms with E-state index in [1.54, 1.807) is 0 Å². The van der Waals surface area contributed by atoms with E-state index in [0.717, 1.165) is 50.6 Å². The zero-order chi connectivity index (χ0) is 12.6. The number of hydrogen-bond donors (Lipinski definition) is 1. The van der Waals surface area contributed by atoms with E-state index in [-0.39, 0.29) is 0 Å². The number of aryl methyl sites for hydroxylation is 1. The molecule has 0 unspecified atom stereocenters. The van der Waals surface area contributed by atoms with E-state index in [0.29, 0.717) is 0 Å². The van der Waals surface area contributed by atoms with Crippen LogP contribution in [0.1, 0.15) is 31.7 Å². The number of nitrogens with one attached hydrogen (secondary N) is 1. The third kappa shape index (κ3) is 3.91. The van der Waals surface area contributed by atoms with Crippen molar-refractivity contribution in [1.29, 1.82) is 0 Å². The van der Waals surface area contributed by atoms with Crippen LogP contribution in [0.5, 0.6) is 11.5 Å². The molecule has 1 aliphatic rings. The maximum Gasteiger partial charge on any atom is 0.161 e. The fourth-order valence-electron chi connectivity index (χ4n) is 2.08. The Morgan fingerprint density at radius 3 is 2.78 bits per heavy atom. The first kappa shape index (κ1) is 13.2. The molecule has 0 aliphatic carbocycles. The molecule has 1 aromatic rings. The van der Waals surface area contributed by atoms with Gasteiger partial charge in [0.05, 0.1) is 13.2 Å². The first-order chi connectivity index (χ1) is 8.90. The monoisotopic (exact) mass is 249 g/mol. The van der Waals surface area contributed by atoms with E-state index < -0.39 is 0 Å². The van der Waals surface area contributed by atoms with Crippen LogP contribution >= 0.6 is 0 Å². The van der Waals surface area contributed by atoms with Gasteiger partial charge in [0.1, 0.15) is 0 Å². The minimum atomic E-state index is 0.757. The molecule has 3 nitrogen and oxygen atoms in total. The highest BCUT2D eigenvalue weighted by atomic mass is 16.5. The summed E-state index contributed by atoms with van der Waals surface area (Å²) >= 11 is 0. The molecule has 1 aromatic carbocycles. The molecule has 0 spiro atoms. The quantitative estimate of drug-likeness (QED) is 0.786. The Kier molecular flexibility index (Phi) is 5.34. The number of hydrogen-bond acceptors (Lipinski definition) is 3. The average molecular weight is 249 g/mol. The van der Waals surface area contributed by atoms with Gasteiger partial charge >= 0.3 is 0 Å². The normalized spacial score (nSPS) is 14.3. The highest BCUT2D eigenvalue weighted by Gasteiger charge is 2.10. The van der Waals surface area contributed by atoms with Crippen molar-refractivity contribution in [2.75, 3.05) is 26.3 Å². The molecule has 1 N–H and O–H groups in total. The predicted octanol–water partition coefficient (Wildman–Crippen LogP) is 2.78.